The Hall–Kier alpha value is -0.820. The molecule has 1 aliphatic rings. The lowest BCUT2D eigenvalue weighted by Gasteiger charge is -2.19. The predicted octanol–water partition coefficient (Wildman–Crippen LogP) is 3.40. The highest BCUT2D eigenvalue weighted by Gasteiger charge is 2.18. The maximum atomic E-state index is 3.46. The molecule has 2 atom stereocenters. The van der Waals surface area contributed by atoms with Crippen LogP contribution in [0, 0.1) is 5.92 Å². The molecule has 0 saturated heterocycles. The number of rotatable bonds is 3. The standard InChI is InChI=1S/C15H23N/c1-16-15-10-6-5-9-14(12-15)11-13-7-3-2-4-8-13/h2-4,7-8,14-16H,5-6,9-12H2,1H3. The van der Waals surface area contributed by atoms with Crippen molar-refractivity contribution in [3.05, 3.63) is 35.9 Å². The Morgan fingerprint density at radius 1 is 1.12 bits per heavy atom. The molecule has 0 spiro atoms. The predicted molar refractivity (Wildman–Crippen MR) is 69.6 cm³/mol. The van der Waals surface area contributed by atoms with Crippen LogP contribution in [0.2, 0.25) is 0 Å². The lowest BCUT2D eigenvalue weighted by molar-refractivity contribution is 0.400. The average Bonchev–Trinajstić information content (AvgIpc) is 2.55. The molecule has 0 heterocycles. The molecule has 1 fully saturated rings. The van der Waals surface area contributed by atoms with Crippen LogP contribution in [0.3, 0.4) is 0 Å². The van der Waals surface area contributed by atoms with Crippen LogP contribution >= 0.6 is 0 Å². The molecule has 0 bridgehead atoms. The van der Waals surface area contributed by atoms with E-state index in [0.29, 0.717) is 0 Å². The summed E-state index contributed by atoms with van der Waals surface area (Å²) in [5.74, 6) is 0.877. The molecule has 0 radical (unpaired) electrons. The zero-order valence-electron chi connectivity index (χ0n) is 10.3. The van der Waals surface area contributed by atoms with Crippen molar-refractivity contribution in [3.8, 4) is 0 Å². The highest BCUT2D eigenvalue weighted by Crippen LogP contribution is 2.26. The van der Waals surface area contributed by atoms with Crippen molar-refractivity contribution in [2.45, 2.75) is 44.6 Å². The largest absolute Gasteiger partial charge is 0.317 e. The number of nitrogens with one attached hydrogen (secondary N) is 1. The fourth-order valence-corrected chi connectivity index (χ4v) is 2.86. The Balaban J connectivity index is 1.93. The molecule has 1 aliphatic carbocycles. The maximum absolute atomic E-state index is 3.46. The summed E-state index contributed by atoms with van der Waals surface area (Å²) in [7, 11) is 2.11. The smallest absolute Gasteiger partial charge is 0.00668 e. The monoisotopic (exact) mass is 217 g/mol. The van der Waals surface area contributed by atoms with Crippen LogP contribution in [0.1, 0.15) is 37.7 Å². The number of benzene rings is 1. The third kappa shape index (κ3) is 3.34. The van der Waals surface area contributed by atoms with E-state index in [-0.39, 0.29) is 0 Å². The minimum atomic E-state index is 0.746. The Morgan fingerprint density at radius 3 is 2.62 bits per heavy atom. The Labute approximate surface area is 99.3 Å². The summed E-state index contributed by atoms with van der Waals surface area (Å²) in [5, 5.41) is 3.46. The van der Waals surface area contributed by atoms with Gasteiger partial charge in [-0.1, -0.05) is 49.6 Å². The van der Waals surface area contributed by atoms with E-state index in [2.05, 4.69) is 42.7 Å². The Morgan fingerprint density at radius 2 is 1.88 bits per heavy atom. The van der Waals surface area contributed by atoms with Gasteiger partial charge in [0.2, 0.25) is 0 Å². The van der Waals surface area contributed by atoms with Crippen LogP contribution in [-0.4, -0.2) is 13.1 Å². The zero-order valence-corrected chi connectivity index (χ0v) is 10.3. The normalized spacial score (nSPS) is 26.3. The minimum Gasteiger partial charge on any atom is -0.317 e. The molecular weight excluding hydrogens is 194 g/mol. The fraction of sp³-hybridized carbons (Fsp3) is 0.600. The molecule has 16 heavy (non-hydrogen) atoms. The van der Waals surface area contributed by atoms with Crippen LogP contribution in [0.15, 0.2) is 30.3 Å². The van der Waals surface area contributed by atoms with Crippen LogP contribution in [-0.2, 0) is 6.42 Å². The summed E-state index contributed by atoms with van der Waals surface area (Å²) in [4.78, 5) is 0. The van der Waals surface area contributed by atoms with Crippen molar-refractivity contribution in [2.24, 2.45) is 5.92 Å². The molecule has 1 heteroatoms. The highest BCUT2D eigenvalue weighted by molar-refractivity contribution is 5.15. The minimum absolute atomic E-state index is 0.746. The summed E-state index contributed by atoms with van der Waals surface area (Å²) < 4.78 is 0. The van der Waals surface area contributed by atoms with Gasteiger partial charge >= 0.3 is 0 Å². The van der Waals surface area contributed by atoms with Gasteiger partial charge in [0.1, 0.15) is 0 Å². The van der Waals surface area contributed by atoms with E-state index >= 15 is 0 Å². The maximum Gasteiger partial charge on any atom is 0.00668 e. The third-order valence-corrected chi connectivity index (χ3v) is 3.81. The van der Waals surface area contributed by atoms with Crippen molar-refractivity contribution in [1.29, 1.82) is 0 Å². The first kappa shape index (κ1) is 11.7. The van der Waals surface area contributed by atoms with E-state index < -0.39 is 0 Å². The van der Waals surface area contributed by atoms with Crippen molar-refractivity contribution in [2.75, 3.05) is 7.05 Å². The highest BCUT2D eigenvalue weighted by atomic mass is 14.9. The van der Waals surface area contributed by atoms with E-state index in [4.69, 9.17) is 0 Å². The third-order valence-electron chi connectivity index (χ3n) is 3.81. The van der Waals surface area contributed by atoms with Crippen molar-refractivity contribution >= 4 is 0 Å². The summed E-state index contributed by atoms with van der Waals surface area (Å²) in [6, 6.07) is 11.7. The second-order valence-electron chi connectivity index (χ2n) is 5.06. The second kappa shape index (κ2) is 6.05. The average molecular weight is 217 g/mol. The van der Waals surface area contributed by atoms with Crippen molar-refractivity contribution in [3.63, 3.8) is 0 Å². The Bertz CT molecular complexity index is 294. The zero-order chi connectivity index (χ0) is 11.2. The summed E-state index contributed by atoms with van der Waals surface area (Å²) in [6.45, 7) is 0. The van der Waals surface area contributed by atoms with E-state index in [9.17, 15) is 0 Å². The molecule has 2 unspecified atom stereocenters. The molecule has 1 nitrogen and oxygen atoms in total. The second-order valence-corrected chi connectivity index (χ2v) is 5.06. The van der Waals surface area contributed by atoms with Gasteiger partial charge in [0, 0.05) is 6.04 Å². The molecule has 0 aliphatic heterocycles. The first-order valence-corrected chi connectivity index (χ1v) is 6.59. The molecular formula is C15H23N. The van der Waals surface area contributed by atoms with E-state index in [1.54, 1.807) is 0 Å². The topological polar surface area (TPSA) is 12.0 Å². The van der Waals surface area contributed by atoms with Crippen molar-refractivity contribution < 1.29 is 0 Å². The van der Waals surface area contributed by atoms with Gasteiger partial charge in [-0.25, -0.2) is 0 Å². The van der Waals surface area contributed by atoms with Gasteiger partial charge in [-0.3, -0.25) is 0 Å². The lowest BCUT2D eigenvalue weighted by atomic mass is 9.91. The van der Waals surface area contributed by atoms with E-state index in [1.807, 2.05) is 0 Å². The van der Waals surface area contributed by atoms with Crippen LogP contribution < -0.4 is 5.32 Å². The van der Waals surface area contributed by atoms with Gasteiger partial charge in [-0.15, -0.1) is 0 Å². The van der Waals surface area contributed by atoms with Crippen LogP contribution in [0.5, 0.6) is 0 Å². The van der Waals surface area contributed by atoms with Gasteiger partial charge in [0.15, 0.2) is 0 Å². The summed E-state index contributed by atoms with van der Waals surface area (Å²) in [5.41, 5.74) is 1.50. The molecule has 0 amide bonds. The van der Waals surface area contributed by atoms with Crippen LogP contribution in [0.4, 0.5) is 0 Å². The number of hydrogen-bond acceptors (Lipinski definition) is 1. The SMILES string of the molecule is CNC1CCCCC(Cc2ccccc2)C1. The van der Waals surface area contributed by atoms with E-state index in [0.717, 1.165) is 12.0 Å². The quantitative estimate of drug-likeness (QED) is 0.765. The van der Waals surface area contributed by atoms with E-state index in [1.165, 1.54) is 44.1 Å². The first-order valence-electron chi connectivity index (χ1n) is 6.59. The van der Waals surface area contributed by atoms with Gasteiger partial charge in [-0.05, 0) is 37.8 Å². The molecule has 1 aromatic carbocycles. The fourth-order valence-electron chi connectivity index (χ4n) is 2.86. The summed E-state index contributed by atoms with van der Waals surface area (Å²) in [6.07, 6.45) is 8.20. The van der Waals surface area contributed by atoms with Gasteiger partial charge in [0.25, 0.3) is 0 Å². The molecule has 0 aromatic heterocycles. The Kier molecular flexibility index (Phi) is 4.41. The molecule has 1 N–H and O–H groups in total. The number of hydrogen-bond donors (Lipinski definition) is 1. The first-order chi connectivity index (χ1) is 7.88. The van der Waals surface area contributed by atoms with Gasteiger partial charge in [0.05, 0.1) is 0 Å². The molecule has 2 rings (SSSR count). The lowest BCUT2D eigenvalue weighted by Crippen LogP contribution is -2.26. The van der Waals surface area contributed by atoms with Gasteiger partial charge in [-0.2, -0.15) is 0 Å². The van der Waals surface area contributed by atoms with Crippen LogP contribution in [0.25, 0.3) is 0 Å². The van der Waals surface area contributed by atoms with Crippen molar-refractivity contribution in [1.82, 2.24) is 5.32 Å². The summed E-state index contributed by atoms with van der Waals surface area (Å²) >= 11 is 0. The molecule has 1 aromatic rings. The van der Waals surface area contributed by atoms with Gasteiger partial charge < -0.3 is 5.32 Å². The molecule has 1 saturated carbocycles. The molecule has 88 valence electrons.